The topological polar surface area (TPSA) is 37.8 Å². The van der Waals surface area contributed by atoms with Gasteiger partial charge in [0.2, 0.25) is 0 Å². The molecule has 2 aromatic carbocycles. The number of H-pyrrole nitrogens is 1. The third kappa shape index (κ3) is 1.86. The highest BCUT2D eigenvalue weighted by atomic mass is 16.1. The van der Waals surface area contributed by atoms with E-state index in [1.165, 1.54) is 10.9 Å². The summed E-state index contributed by atoms with van der Waals surface area (Å²) in [7, 11) is 0. The standard InChI is InChI=1S/C18H14N2O/c21-12-14-11-20(18-8-4-2-6-16(14)18)10-13-9-19-17-7-3-1-5-15(13)17/h1-9,11-12,19H,10H2. The van der Waals surface area contributed by atoms with Crippen molar-refractivity contribution in [3.8, 4) is 0 Å². The van der Waals surface area contributed by atoms with E-state index in [9.17, 15) is 4.79 Å². The Morgan fingerprint density at radius 2 is 1.76 bits per heavy atom. The van der Waals surface area contributed by atoms with E-state index in [0.29, 0.717) is 0 Å². The summed E-state index contributed by atoms with van der Waals surface area (Å²) in [6, 6.07) is 16.3. The fourth-order valence-electron chi connectivity index (χ4n) is 2.95. The van der Waals surface area contributed by atoms with Gasteiger partial charge in [0.1, 0.15) is 0 Å². The van der Waals surface area contributed by atoms with Gasteiger partial charge in [-0.05, 0) is 17.7 Å². The van der Waals surface area contributed by atoms with Crippen molar-refractivity contribution in [2.75, 3.05) is 0 Å². The summed E-state index contributed by atoms with van der Waals surface area (Å²) >= 11 is 0. The summed E-state index contributed by atoms with van der Waals surface area (Å²) in [4.78, 5) is 14.5. The molecule has 102 valence electrons. The average Bonchev–Trinajstić information content (AvgIpc) is 3.10. The van der Waals surface area contributed by atoms with E-state index in [-0.39, 0.29) is 0 Å². The Morgan fingerprint density at radius 3 is 2.62 bits per heavy atom. The van der Waals surface area contributed by atoms with Crippen LogP contribution in [-0.2, 0) is 6.54 Å². The number of nitrogens with zero attached hydrogens (tertiary/aromatic N) is 1. The minimum absolute atomic E-state index is 0.741. The molecule has 0 aliphatic rings. The number of rotatable bonds is 3. The van der Waals surface area contributed by atoms with Crippen molar-refractivity contribution in [1.82, 2.24) is 9.55 Å². The molecule has 4 aromatic rings. The number of hydrogen-bond acceptors (Lipinski definition) is 1. The van der Waals surface area contributed by atoms with Gasteiger partial charge in [-0.1, -0.05) is 36.4 Å². The van der Waals surface area contributed by atoms with Gasteiger partial charge >= 0.3 is 0 Å². The molecule has 3 nitrogen and oxygen atoms in total. The number of fused-ring (bicyclic) bond motifs is 2. The molecule has 0 bridgehead atoms. The normalized spacial score (nSPS) is 11.2. The largest absolute Gasteiger partial charge is 0.361 e. The third-order valence-corrected chi connectivity index (χ3v) is 3.96. The number of aromatic amines is 1. The summed E-state index contributed by atoms with van der Waals surface area (Å²) in [6.07, 6.45) is 4.90. The lowest BCUT2D eigenvalue weighted by Crippen LogP contribution is -1.96. The van der Waals surface area contributed by atoms with Crippen molar-refractivity contribution in [1.29, 1.82) is 0 Å². The van der Waals surface area contributed by atoms with Crippen LogP contribution >= 0.6 is 0 Å². The molecule has 2 aromatic heterocycles. The zero-order valence-corrected chi connectivity index (χ0v) is 11.4. The molecule has 0 amide bonds. The highest BCUT2D eigenvalue weighted by molar-refractivity contribution is 5.97. The smallest absolute Gasteiger partial charge is 0.152 e. The minimum atomic E-state index is 0.741. The third-order valence-electron chi connectivity index (χ3n) is 3.96. The van der Waals surface area contributed by atoms with E-state index in [0.717, 1.165) is 34.8 Å². The number of para-hydroxylation sites is 2. The Labute approximate surface area is 121 Å². The second-order valence-corrected chi connectivity index (χ2v) is 5.21. The summed E-state index contributed by atoms with van der Waals surface area (Å²) in [5.41, 5.74) is 4.19. The number of aromatic nitrogens is 2. The predicted octanol–water partition coefficient (Wildman–Crippen LogP) is 3.98. The van der Waals surface area contributed by atoms with Gasteiger partial charge in [0, 0.05) is 46.3 Å². The van der Waals surface area contributed by atoms with Gasteiger partial charge in [-0.3, -0.25) is 4.79 Å². The van der Waals surface area contributed by atoms with Crippen LogP contribution in [0.5, 0.6) is 0 Å². The van der Waals surface area contributed by atoms with E-state index in [4.69, 9.17) is 0 Å². The van der Waals surface area contributed by atoms with Crippen LogP contribution in [0.3, 0.4) is 0 Å². The molecule has 0 radical (unpaired) electrons. The molecule has 0 saturated heterocycles. The SMILES string of the molecule is O=Cc1cn(Cc2c[nH]c3ccccc23)c2ccccc12. The number of carbonyl (C=O) groups is 1. The van der Waals surface area contributed by atoms with Crippen molar-refractivity contribution in [2.45, 2.75) is 6.54 Å². The Hall–Kier alpha value is -2.81. The van der Waals surface area contributed by atoms with Gasteiger partial charge in [0.25, 0.3) is 0 Å². The molecular formula is C18H14N2O. The van der Waals surface area contributed by atoms with Gasteiger partial charge in [-0.15, -0.1) is 0 Å². The number of aldehydes is 1. The number of carbonyl (C=O) groups excluding carboxylic acids is 1. The van der Waals surface area contributed by atoms with Crippen LogP contribution in [0.1, 0.15) is 15.9 Å². The van der Waals surface area contributed by atoms with Crippen molar-refractivity contribution in [2.24, 2.45) is 0 Å². The summed E-state index contributed by atoms with van der Waals surface area (Å²) in [5, 5.41) is 2.23. The Balaban J connectivity index is 1.86. The lowest BCUT2D eigenvalue weighted by molar-refractivity contribution is 0.112. The van der Waals surface area contributed by atoms with E-state index in [1.807, 2.05) is 42.7 Å². The maximum absolute atomic E-state index is 11.2. The maximum atomic E-state index is 11.2. The van der Waals surface area contributed by atoms with Gasteiger partial charge in [0.15, 0.2) is 6.29 Å². The monoisotopic (exact) mass is 274 g/mol. The second kappa shape index (κ2) is 4.63. The molecule has 0 saturated carbocycles. The first-order valence-corrected chi connectivity index (χ1v) is 6.95. The molecule has 4 rings (SSSR count). The van der Waals surface area contributed by atoms with Gasteiger partial charge < -0.3 is 9.55 Å². The highest BCUT2D eigenvalue weighted by Crippen LogP contribution is 2.24. The number of nitrogens with one attached hydrogen (secondary N) is 1. The first kappa shape index (κ1) is 12.0. The summed E-state index contributed by atoms with van der Waals surface area (Å²) in [5.74, 6) is 0. The van der Waals surface area contributed by atoms with Crippen molar-refractivity contribution < 1.29 is 4.79 Å². The molecule has 0 unspecified atom stereocenters. The molecule has 1 N–H and O–H groups in total. The van der Waals surface area contributed by atoms with E-state index in [2.05, 4.69) is 27.8 Å². The molecule has 2 heterocycles. The fraction of sp³-hybridized carbons (Fsp3) is 0.0556. The second-order valence-electron chi connectivity index (χ2n) is 5.21. The van der Waals surface area contributed by atoms with E-state index >= 15 is 0 Å². The van der Waals surface area contributed by atoms with Gasteiger partial charge in [0.05, 0.1) is 0 Å². The molecule has 3 heteroatoms. The first-order chi connectivity index (χ1) is 10.4. The van der Waals surface area contributed by atoms with Crippen molar-refractivity contribution in [3.05, 3.63) is 72.1 Å². The molecule has 0 fully saturated rings. The summed E-state index contributed by atoms with van der Waals surface area (Å²) in [6.45, 7) is 0.748. The summed E-state index contributed by atoms with van der Waals surface area (Å²) < 4.78 is 2.13. The average molecular weight is 274 g/mol. The van der Waals surface area contributed by atoms with Crippen LogP contribution in [0.15, 0.2) is 60.9 Å². The van der Waals surface area contributed by atoms with Crippen LogP contribution in [0.25, 0.3) is 21.8 Å². The molecule has 0 aliphatic heterocycles. The highest BCUT2D eigenvalue weighted by Gasteiger charge is 2.09. The Kier molecular flexibility index (Phi) is 2.64. The number of benzene rings is 2. The zero-order valence-electron chi connectivity index (χ0n) is 11.4. The van der Waals surface area contributed by atoms with E-state index < -0.39 is 0 Å². The molecular weight excluding hydrogens is 260 g/mol. The molecule has 0 aliphatic carbocycles. The predicted molar refractivity (Wildman–Crippen MR) is 84.7 cm³/mol. The maximum Gasteiger partial charge on any atom is 0.152 e. The Morgan fingerprint density at radius 1 is 1.00 bits per heavy atom. The van der Waals surface area contributed by atoms with Crippen LogP contribution in [0, 0.1) is 0 Å². The van der Waals surface area contributed by atoms with Gasteiger partial charge in [-0.2, -0.15) is 0 Å². The van der Waals surface area contributed by atoms with Crippen LogP contribution in [-0.4, -0.2) is 15.8 Å². The Bertz CT molecular complexity index is 946. The lowest BCUT2D eigenvalue weighted by Gasteiger charge is -2.04. The zero-order chi connectivity index (χ0) is 14.2. The molecule has 21 heavy (non-hydrogen) atoms. The molecule has 0 spiro atoms. The van der Waals surface area contributed by atoms with Crippen LogP contribution in [0.2, 0.25) is 0 Å². The van der Waals surface area contributed by atoms with Crippen molar-refractivity contribution in [3.63, 3.8) is 0 Å². The fourth-order valence-corrected chi connectivity index (χ4v) is 2.95. The lowest BCUT2D eigenvalue weighted by atomic mass is 10.1. The van der Waals surface area contributed by atoms with Crippen LogP contribution in [0.4, 0.5) is 0 Å². The van der Waals surface area contributed by atoms with Gasteiger partial charge in [-0.25, -0.2) is 0 Å². The number of hydrogen-bond donors (Lipinski definition) is 1. The van der Waals surface area contributed by atoms with Crippen molar-refractivity contribution >= 4 is 28.1 Å². The molecule has 0 atom stereocenters. The van der Waals surface area contributed by atoms with E-state index in [1.54, 1.807) is 0 Å². The van der Waals surface area contributed by atoms with Crippen LogP contribution < -0.4 is 0 Å². The first-order valence-electron chi connectivity index (χ1n) is 6.95. The minimum Gasteiger partial charge on any atom is -0.361 e. The quantitative estimate of drug-likeness (QED) is 0.564.